The number of amides is 6. The van der Waals surface area contributed by atoms with Gasteiger partial charge >= 0.3 is 35.9 Å². The second-order valence-corrected chi connectivity index (χ2v) is 15.0. The number of halogens is 1. The minimum Gasteiger partial charge on any atom is -0.481 e. The maximum Gasteiger partial charge on any atom is 0.326 e. The number of aliphatic carboxylic acids is 5. The van der Waals surface area contributed by atoms with Gasteiger partial charge in [0.1, 0.15) is 36.0 Å². The highest BCUT2D eigenvalue weighted by molar-refractivity contribution is 14.1. The molecule has 0 fully saturated rings. The van der Waals surface area contributed by atoms with Crippen molar-refractivity contribution in [2.24, 2.45) is 5.10 Å². The molecule has 0 spiro atoms. The molecule has 5 atom stereocenters. The first-order valence-electron chi connectivity index (χ1n) is 20.1. The summed E-state index contributed by atoms with van der Waals surface area (Å²) in [5.41, 5.74) is 3.14. The third-order valence-corrected chi connectivity index (χ3v) is 9.77. The largest absolute Gasteiger partial charge is 0.481 e. The van der Waals surface area contributed by atoms with Crippen molar-refractivity contribution in [3.8, 4) is 0 Å². The SMILES string of the molecule is O=C(O)CCC(NC(=O)NC(CCCCNC(=O)C(Cc1ccc2ccccc2c1)NC(=O)C(CC(=O)O)NC(=O)C(CCC(=O)O)NC(=O)c1ccc(N/N=C\I)nc1)C(=O)O)C(=O)O. The lowest BCUT2D eigenvalue weighted by Gasteiger charge is -2.25. The number of nitrogens with one attached hydrogen (secondary N) is 7. The summed E-state index contributed by atoms with van der Waals surface area (Å²) in [4.78, 5) is 128. The first-order chi connectivity index (χ1) is 31.4. The number of hydrogen-bond acceptors (Lipinski definition) is 13. The fourth-order valence-electron chi connectivity index (χ4n) is 6.15. The molecule has 12 N–H and O–H groups in total. The quantitative estimate of drug-likeness (QED) is 0.0209. The molecule has 2 aromatic carbocycles. The Morgan fingerprint density at radius 2 is 1.23 bits per heavy atom. The van der Waals surface area contributed by atoms with E-state index in [1.165, 1.54) is 16.4 Å². The number of carboxylic acids is 5. The average Bonchev–Trinajstić information content (AvgIpc) is 3.26. The third kappa shape index (κ3) is 18.7. The predicted molar refractivity (Wildman–Crippen MR) is 241 cm³/mol. The van der Waals surface area contributed by atoms with Crippen LogP contribution in [0.2, 0.25) is 0 Å². The Labute approximate surface area is 388 Å². The lowest BCUT2D eigenvalue weighted by molar-refractivity contribution is -0.142. The van der Waals surface area contributed by atoms with Crippen LogP contribution >= 0.6 is 22.6 Å². The second-order valence-electron chi connectivity index (χ2n) is 14.5. The molecule has 6 amide bonds. The van der Waals surface area contributed by atoms with Crippen molar-refractivity contribution in [1.82, 2.24) is 36.9 Å². The number of benzene rings is 2. The van der Waals surface area contributed by atoms with Crippen LogP contribution in [0, 0.1) is 0 Å². The number of carboxylic acid groups (broad SMARTS) is 5. The number of pyridine rings is 1. The summed E-state index contributed by atoms with van der Waals surface area (Å²) in [6.07, 6.45) is -2.00. The van der Waals surface area contributed by atoms with Gasteiger partial charge in [-0.3, -0.25) is 39.0 Å². The fourth-order valence-corrected chi connectivity index (χ4v) is 6.29. The summed E-state index contributed by atoms with van der Waals surface area (Å²) in [6.45, 7) is -0.0842. The number of rotatable bonds is 28. The Hall–Kier alpha value is -7.45. The number of carbonyl (C=O) groups is 10. The van der Waals surface area contributed by atoms with Crippen molar-refractivity contribution in [3.63, 3.8) is 0 Å². The molecule has 0 saturated heterocycles. The van der Waals surface area contributed by atoms with E-state index in [-0.39, 0.29) is 43.6 Å². The van der Waals surface area contributed by atoms with Crippen molar-refractivity contribution in [1.29, 1.82) is 0 Å². The van der Waals surface area contributed by atoms with E-state index >= 15 is 0 Å². The number of unbranched alkanes of at least 4 members (excludes halogenated alkanes) is 1. The molecule has 0 aliphatic rings. The van der Waals surface area contributed by atoms with Crippen molar-refractivity contribution in [3.05, 3.63) is 71.9 Å². The Morgan fingerprint density at radius 3 is 1.82 bits per heavy atom. The number of anilines is 1. The predicted octanol–water partition coefficient (Wildman–Crippen LogP) is 1.03. The van der Waals surface area contributed by atoms with Crippen LogP contribution in [-0.2, 0) is 44.8 Å². The fraction of sp³-hybridized carbons (Fsp3) is 0.366. The normalized spacial score (nSPS) is 13.2. The number of aromatic nitrogens is 1. The number of hydrogen-bond donors (Lipinski definition) is 12. The highest BCUT2D eigenvalue weighted by atomic mass is 127. The second kappa shape index (κ2) is 27.0. The first-order valence-corrected chi connectivity index (χ1v) is 21.3. The van der Waals surface area contributed by atoms with Crippen LogP contribution in [0.25, 0.3) is 10.8 Å². The average molecular weight is 1030 g/mol. The van der Waals surface area contributed by atoms with Crippen LogP contribution in [-0.4, -0.2) is 131 Å². The molecule has 3 aromatic rings. The maximum atomic E-state index is 13.8. The molecule has 0 bridgehead atoms. The van der Waals surface area contributed by atoms with Gasteiger partial charge in [-0.2, -0.15) is 5.10 Å². The van der Waals surface area contributed by atoms with Crippen LogP contribution in [0.15, 0.2) is 65.9 Å². The van der Waals surface area contributed by atoms with E-state index in [4.69, 9.17) is 5.11 Å². The first kappa shape index (κ1) is 52.9. The van der Waals surface area contributed by atoms with Gasteiger partial charge in [0, 0.05) is 32.0 Å². The van der Waals surface area contributed by atoms with E-state index in [1.807, 2.05) is 46.1 Å². The van der Waals surface area contributed by atoms with Gasteiger partial charge in [-0.1, -0.05) is 42.5 Å². The van der Waals surface area contributed by atoms with Crippen LogP contribution in [0.4, 0.5) is 10.6 Å². The minimum absolute atomic E-state index is 0.0299. The molecule has 0 saturated carbocycles. The Bertz CT molecular complexity index is 2280. The van der Waals surface area contributed by atoms with Crippen molar-refractivity contribution in [2.75, 3.05) is 12.0 Å². The molecular formula is C41H48IN9O15. The molecule has 0 aliphatic heterocycles. The van der Waals surface area contributed by atoms with Gasteiger partial charge in [-0.25, -0.2) is 19.4 Å². The molecule has 0 aliphatic carbocycles. The summed E-state index contributed by atoms with van der Waals surface area (Å²) < 4.78 is 1.43. The molecule has 1 heterocycles. The number of fused-ring (bicyclic) bond motifs is 1. The number of carbonyl (C=O) groups excluding carboxylic acids is 5. The molecule has 24 nitrogen and oxygen atoms in total. The van der Waals surface area contributed by atoms with Crippen LogP contribution in [0.1, 0.15) is 67.3 Å². The summed E-state index contributed by atoms with van der Waals surface area (Å²) >= 11 is 1.87. The number of hydrazone groups is 1. The zero-order valence-corrected chi connectivity index (χ0v) is 37.1. The summed E-state index contributed by atoms with van der Waals surface area (Å²) in [7, 11) is 0. The highest BCUT2D eigenvalue weighted by Crippen LogP contribution is 2.17. The van der Waals surface area contributed by atoms with E-state index in [1.54, 1.807) is 24.3 Å². The Kier molecular flexibility index (Phi) is 21.6. The molecule has 5 unspecified atom stereocenters. The van der Waals surface area contributed by atoms with Gasteiger partial charge in [0.05, 0.1) is 16.2 Å². The Morgan fingerprint density at radius 1 is 0.621 bits per heavy atom. The molecule has 3 rings (SSSR count). The van der Waals surface area contributed by atoms with Gasteiger partial charge in [-0.05, 0) is 83.2 Å². The van der Waals surface area contributed by atoms with Crippen molar-refractivity contribution < 1.29 is 73.5 Å². The van der Waals surface area contributed by atoms with E-state index < -0.39 is 122 Å². The van der Waals surface area contributed by atoms with Gasteiger partial charge in [0.2, 0.25) is 17.7 Å². The minimum atomic E-state index is -1.84. The molecule has 1 aromatic heterocycles. The van der Waals surface area contributed by atoms with Gasteiger partial charge < -0.3 is 57.4 Å². The topological polar surface area (TPSA) is 381 Å². The zero-order chi connectivity index (χ0) is 48.8. The van der Waals surface area contributed by atoms with Crippen LogP contribution < -0.4 is 37.3 Å². The van der Waals surface area contributed by atoms with E-state index in [9.17, 15) is 68.4 Å². The summed E-state index contributed by atoms with van der Waals surface area (Å²) in [5.74, 6) is -10.7. The number of nitrogens with zero attached hydrogens (tertiary/aromatic N) is 2. The molecule has 0 radical (unpaired) electrons. The summed E-state index contributed by atoms with van der Waals surface area (Å²) in [5, 5.41) is 66.2. The maximum absolute atomic E-state index is 13.8. The Balaban J connectivity index is 1.75. The lowest BCUT2D eigenvalue weighted by Crippen LogP contribution is -2.57. The molecule has 25 heteroatoms. The third-order valence-electron chi connectivity index (χ3n) is 9.49. The van der Waals surface area contributed by atoms with Gasteiger partial charge in [0.15, 0.2) is 0 Å². The van der Waals surface area contributed by atoms with Gasteiger partial charge in [0.25, 0.3) is 5.91 Å². The number of urea groups is 1. The van der Waals surface area contributed by atoms with Crippen LogP contribution in [0.3, 0.4) is 0 Å². The van der Waals surface area contributed by atoms with Crippen molar-refractivity contribution in [2.45, 2.75) is 88.0 Å². The molecule has 354 valence electrons. The van der Waals surface area contributed by atoms with Gasteiger partial charge in [-0.15, -0.1) is 0 Å². The van der Waals surface area contributed by atoms with E-state index in [0.717, 1.165) is 17.0 Å². The zero-order valence-electron chi connectivity index (χ0n) is 34.9. The molecular weight excluding hydrogens is 985 g/mol. The lowest BCUT2D eigenvalue weighted by atomic mass is 10.0. The molecule has 66 heavy (non-hydrogen) atoms. The van der Waals surface area contributed by atoms with E-state index in [0.29, 0.717) is 5.56 Å². The highest BCUT2D eigenvalue weighted by Gasteiger charge is 2.32. The van der Waals surface area contributed by atoms with Crippen LogP contribution in [0.5, 0.6) is 0 Å². The monoisotopic (exact) mass is 1030 g/mol. The van der Waals surface area contributed by atoms with E-state index in [2.05, 4.69) is 42.1 Å². The standard InChI is InChI=1S/C41H48IN9O15/c42-21-45-51-31-13-10-25(20-44-31)35(58)46-26(11-14-32(52)53)37(60)48-30(19-34(56)57)38(61)47-29(18-22-8-9-23-5-1-2-6-24(23)17-22)36(59)43-16-4-3-7-27(39(62)63)49-41(66)50-28(40(64)65)12-15-33(54)55/h1-2,5-6,8-10,13,17,20-21,26-30H,3-4,7,11-12,14-16,18-19H2,(H,43,59)(H,44,51)(H,46,58)(H,47,61)(H,48,60)(H,52,53)(H,54,55)(H,56,57)(H,62,63)(H,64,65)(H2,49,50,66)/b45-21-. The van der Waals surface area contributed by atoms with Crippen molar-refractivity contribution >= 4 is 103 Å². The summed E-state index contributed by atoms with van der Waals surface area (Å²) in [6, 6.07) is 6.26. The smallest absolute Gasteiger partial charge is 0.326 e.